The number of nitrogens with zero attached hydrogens (tertiary/aromatic N) is 1. The van der Waals surface area contributed by atoms with E-state index in [4.69, 9.17) is 4.74 Å². The summed E-state index contributed by atoms with van der Waals surface area (Å²) in [5, 5.41) is 2.94. The van der Waals surface area contributed by atoms with Crippen LogP contribution in [0, 0.1) is 0 Å². The van der Waals surface area contributed by atoms with Crippen LogP contribution in [0.4, 0.5) is 5.69 Å². The quantitative estimate of drug-likeness (QED) is 0.853. The van der Waals surface area contributed by atoms with Crippen LogP contribution in [0.15, 0.2) is 54.6 Å². The smallest absolute Gasteiger partial charge is 0.261 e. The molecule has 0 saturated carbocycles. The molecule has 0 aliphatic heterocycles. The van der Waals surface area contributed by atoms with Crippen molar-refractivity contribution in [3.8, 4) is 5.75 Å². The topological polar surface area (TPSA) is 41.6 Å². The summed E-state index contributed by atoms with van der Waals surface area (Å²) >= 11 is 0. The molecule has 0 aliphatic rings. The van der Waals surface area contributed by atoms with Crippen LogP contribution in [0.5, 0.6) is 5.75 Å². The van der Waals surface area contributed by atoms with E-state index in [9.17, 15) is 4.79 Å². The van der Waals surface area contributed by atoms with Crippen molar-refractivity contribution >= 4 is 11.6 Å². The fraction of sp³-hybridized carbons (Fsp3) is 0.316. The molecule has 23 heavy (non-hydrogen) atoms. The Morgan fingerprint density at radius 1 is 1.09 bits per heavy atom. The fourth-order valence-electron chi connectivity index (χ4n) is 2.20. The lowest BCUT2D eigenvalue weighted by atomic mass is 10.2. The first-order valence-electron chi connectivity index (χ1n) is 7.86. The molecule has 0 aromatic heterocycles. The van der Waals surface area contributed by atoms with Crippen LogP contribution in [-0.4, -0.2) is 26.1 Å². The highest BCUT2D eigenvalue weighted by Crippen LogP contribution is 2.14. The second-order valence-corrected chi connectivity index (χ2v) is 5.61. The Morgan fingerprint density at radius 3 is 2.30 bits per heavy atom. The molecule has 4 heteroatoms. The molecule has 122 valence electrons. The molecule has 2 aromatic carbocycles. The standard InChI is InChI=1S/C19H24N2O2/c1-4-18(23-17-8-6-5-7-9-17)19(22)20-14-15-10-12-16(13-11-15)21(2)3/h5-13,18H,4,14H2,1-3H3,(H,20,22). The predicted molar refractivity (Wildman–Crippen MR) is 93.8 cm³/mol. The maximum absolute atomic E-state index is 12.3. The SMILES string of the molecule is CCC(Oc1ccccc1)C(=O)NCc1ccc(N(C)C)cc1. The lowest BCUT2D eigenvalue weighted by Gasteiger charge is -2.17. The number of hydrogen-bond acceptors (Lipinski definition) is 3. The average Bonchev–Trinajstić information content (AvgIpc) is 2.58. The molecule has 0 bridgehead atoms. The summed E-state index contributed by atoms with van der Waals surface area (Å²) in [6, 6.07) is 17.6. The van der Waals surface area contributed by atoms with Crippen molar-refractivity contribution in [3.63, 3.8) is 0 Å². The van der Waals surface area contributed by atoms with Gasteiger partial charge >= 0.3 is 0 Å². The van der Waals surface area contributed by atoms with E-state index in [-0.39, 0.29) is 5.91 Å². The van der Waals surface area contributed by atoms with Crippen molar-refractivity contribution < 1.29 is 9.53 Å². The normalized spacial score (nSPS) is 11.6. The molecule has 2 aromatic rings. The number of nitrogens with one attached hydrogen (secondary N) is 1. The lowest BCUT2D eigenvalue weighted by Crippen LogP contribution is -2.37. The van der Waals surface area contributed by atoms with E-state index >= 15 is 0 Å². The van der Waals surface area contributed by atoms with Gasteiger partial charge in [0.2, 0.25) is 0 Å². The molecule has 1 atom stereocenters. The number of carbonyl (C=O) groups excluding carboxylic acids is 1. The van der Waals surface area contributed by atoms with Crippen LogP contribution in [0.25, 0.3) is 0 Å². The highest BCUT2D eigenvalue weighted by atomic mass is 16.5. The van der Waals surface area contributed by atoms with Crippen molar-refractivity contribution in [1.82, 2.24) is 5.32 Å². The summed E-state index contributed by atoms with van der Waals surface area (Å²) in [6.45, 7) is 2.44. The maximum Gasteiger partial charge on any atom is 0.261 e. The number of carbonyl (C=O) groups is 1. The largest absolute Gasteiger partial charge is 0.481 e. The van der Waals surface area contributed by atoms with E-state index in [2.05, 4.69) is 5.32 Å². The van der Waals surface area contributed by atoms with Gasteiger partial charge in [-0.15, -0.1) is 0 Å². The van der Waals surface area contributed by atoms with Crippen molar-refractivity contribution in [2.24, 2.45) is 0 Å². The molecule has 0 fully saturated rings. The number of benzene rings is 2. The van der Waals surface area contributed by atoms with Gasteiger partial charge in [-0.25, -0.2) is 0 Å². The first-order chi connectivity index (χ1) is 11.1. The Balaban J connectivity index is 1.89. The molecular formula is C19H24N2O2. The minimum atomic E-state index is -0.474. The van der Waals surface area contributed by atoms with Crippen LogP contribution < -0.4 is 15.0 Å². The molecule has 0 heterocycles. The molecule has 0 aliphatic carbocycles. The maximum atomic E-state index is 12.3. The van der Waals surface area contributed by atoms with Crippen LogP contribution >= 0.6 is 0 Å². The van der Waals surface area contributed by atoms with Gasteiger partial charge in [0.25, 0.3) is 5.91 Å². The second kappa shape index (κ2) is 8.22. The number of hydrogen-bond donors (Lipinski definition) is 1. The highest BCUT2D eigenvalue weighted by Gasteiger charge is 2.17. The van der Waals surface area contributed by atoms with Crippen LogP contribution in [-0.2, 0) is 11.3 Å². The van der Waals surface area contributed by atoms with Gasteiger partial charge in [-0.1, -0.05) is 37.3 Å². The van der Waals surface area contributed by atoms with Crippen LogP contribution in [0.2, 0.25) is 0 Å². The van der Waals surface area contributed by atoms with Crippen LogP contribution in [0.1, 0.15) is 18.9 Å². The monoisotopic (exact) mass is 312 g/mol. The van der Waals surface area contributed by atoms with E-state index in [1.807, 2.05) is 80.5 Å². The number of anilines is 1. The van der Waals surface area contributed by atoms with Gasteiger partial charge in [0.05, 0.1) is 0 Å². The third kappa shape index (κ3) is 5.02. The lowest BCUT2D eigenvalue weighted by molar-refractivity contribution is -0.128. The first-order valence-corrected chi connectivity index (χ1v) is 7.86. The number of rotatable bonds is 7. The van der Waals surface area contributed by atoms with Gasteiger partial charge in [-0.05, 0) is 36.2 Å². The number of ether oxygens (including phenoxy) is 1. The van der Waals surface area contributed by atoms with Crippen molar-refractivity contribution in [3.05, 3.63) is 60.2 Å². The van der Waals surface area contributed by atoms with Crippen LogP contribution in [0.3, 0.4) is 0 Å². The first kappa shape index (κ1) is 16.9. The molecule has 1 N–H and O–H groups in total. The molecule has 0 radical (unpaired) electrons. The van der Waals surface area contributed by atoms with Gasteiger partial charge in [-0.2, -0.15) is 0 Å². The average molecular weight is 312 g/mol. The minimum absolute atomic E-state index is 0.0898. The Hall–Kier alpha value is -2.49. The Kier molecular flexibility index (Phi) is 6.03. The molecule has 2 rings (SSSR count). The Morgan fingerprint density at radius 2 is 1.74 bits per heavy atom. The van der Waals surface area contributed by atoms with Crippen molar-refractivity contribution in [1.29, 1.82) is 0 Å². The zero-order valence-electron chi connectivity index (χ0n) is 14.0. The molecule has 0 saturated heterocycles. The summed E-state index contributed by atoms with van der Waals surface area (Å²) in [5.41, 5.74) is 2.21. The summed E-state index contributed by atoms with van der Waals surface area (Å²) in [4.78, 5) is 14.3. The van der Waals surface area contributed by atoms with Gasteiger partial charge in [-0.3, -0.25) is 4.79 Å². The van der Waals surface area contributed by atoms with Gasteiger partial charge in [0.15, 0.2) is 6.10 Å². The van der Waals surface area contributed by atoms with Crippen molar-refractivity contribution in [2.45, 2.75) is 26.0 Å². The highest BCUT2D eigenvalue weighted by molar-refractivity contribution is 5.81. The zero-order chi connectivity index (χ0) is 16.7. The fourth-order valence-corrected chi connectivity index (χ4v) is 2.20. The minimum Gasteiger partial charge on any atom is -0.481 e. The van der Waals surface area contributed by atoms with Gasteiger partial charge in [0, 0.05) is 26.3 Å². The molecule has 1 unspecified atom stereocenters. The summed E-state index contributed by atoms with van der Waals surface area (Å²) < 4.78 is 5.75. The zero-order valence-corrected chi connectivity index (χ0v) is 14.0. The third-order valence-electron chi connectivity index (χ3n) is 3.60. The molecule has 4 nitrogen and oxygen atoms in total. The summed E-state index contributed by atoms with van der Waals surface area (Å²) in [7, 11) is 4.01. The predicted octanol–water partition coefficient (Wildman–Crippen LogP) is 3.23. The Labute approximate surface area is 138 Å². The van der Waals surface area contributed by atoms with E-state index in [0.717, 1.165) is 11.3 Å². The van der Waals surface area contributed by atoms with Crippen molar-refractivity contribution in [2.75, 3.05) is 19.0 Å². The molecule has 0 spiro atoms. The van der Waals surface area contributed by atoms with Gasteiger partial charge in [0.1, 0.15) is 5.75 Å². The number of amides is 1. The molecule has 1 amide bonds. The summed E-state index contributed by atoms with van der Waals surface area (Å²) in [6.07, 6.45) is 0.152. The second-order valence-electron chi connectivity index (χ2n) is 5.61. The third-order valence-corrected chi connectivity index (χ3v) is 3.60. The molecular weight excluding hydrogens is 288 g/mol. The Bertz CT molecular complexity index is 609. The van der Waals surface area contributed by atoms with E-state index in [1.165, 1.54) is 0 Å². The van der Waals surface area contributed by atoms with E-state index in [1.54, 1.807) is 0 Å². The summed E-state index contributed by atoms with van der Waals surface area (Å²) in [5.74, 6) is 0.623. The number of para-hydroxylation sites is 1. The van der Waals surface area contributed by atoms with E-state index < -0.39 is 6.10 Å². The van der Waals surface area contributed by atoms with E-state index in [0.29, 0.717) is 18.7 Å². The van der Waals surface area contributed by atoms with Gasteiger partial charge < -0.3 is 15.0 Å².